The van der Waals surface area contributed by atoms with Gasteiger partial charge in [-0.2, -0.15) is 21.5 Å². The zero-order chi connectivity index (χ0) is 105. The van der Waals surface area contributed by atoms with Gasteiger partial charge in [0, 0.05) is 196 Å². The van der Waals surface area contributed by atoms with Crippen molar-refractivity contribution >= 4 is 130 Å². The Morgan fingerprint density at radius 2 is 0.738 bits per heavy atom. The van der Waals surface area contributed by atoms with Crippen molar-refractivity contribution in [1.82, 2.24) is 79.8 Å². The predicted molar refractivity (Wildman–Crippen MR) is 547 cm³/mol. The minimum absolute atomic E-state index is 0.0139. The number of carbonyl (C=O) groups excluding carboxylic acids is 5. The number of methoxy groups -OCH3 is 3. The van der Waals surface area contributed by atoms with Crippen LogP contribution in [0.4, 0.5) is 27.1 Å². The summed E-state index contributed by atoms with van der Waals surface area (Å²) in [6.07, 6.45) is 21.4. The molecule has 40 nitrogen and oxygen atoms in total. The first kappa shape index (κ1) is 112. The summed E-state index contributed by atoms with van der Waals surface area (Å²) in [4.78, 5) is 83.1. The number of halogens is 3. The first-order valence-electron chi connectivity index (χ1n) is 47.6. The van der Waals surface area contributed by atoms with Crippen LogP contribution in [0.5, 0.6) is 17.2 Å². The van der Waals surface area contributed by atoms with Crippen LogP contribution in [-0.4, -0.2) is 233 Å². The highest BCUT2D eigenvalue weighted by molar-refractivity contribution is 9.10. The van der Waals surface area contributed by atoms with E-state index in [1.165, 1.54) is 79.4 Å². The highest BCUT2D eigenvalue weighted by Crippen LogP contribution is 2.36. The number of rotatable bonds is 30. The third-order valence-corrected chi connectivity index (χ3v) is 35.2. The Labute approximate surface area is 859 Å². The van der Waals surface area contributed by atoms with Gasteiger partial charge in [0.1, 0.15) is 23.1 Å². The molecule has 0 atom stereocenters. The molecule has 5 aliphatic rings. The molecule has 48 heteroatoms. The molecule has 5 amide bonds. The molecule has 6 aromatic heterocycles. The van der Waals surface area contributed by atoms with Gasteiger partial charge in [0.2, 0.25) is 29.5 Å². The lowest BCUT2D eigenvalue weighted by Crippen LogP contribution is -2.42. The van der Waals surface area contributed by atoms with Crippen molar-refractivity contribution in [2.24, 2.45) is 29.6 Å². The molecule has 0 bridgehead atoms. The van der Waals surface area contributed by atoms with E-state index in [9.17, 15) is 70.5 Å². The number of hydrogen-bond acceptors (Lipinski definition) is 25. The maximum atomic E-state index is 13.9. The molecule has 16 rings (SSSR count). The van der Waals surface area contributed by atoms with E-state index < -0.39 is 55.9 Å². The molecule has 11 aromatic rings. The summed E-state index contributed by atoms with van der Waals surface area (Å²) >= 11 is 9.26. The minimum atomic E-state index is -3.69. The van der Waals surface area contributed by atoms with Crippen molar-refractivity contribution < 1.29 is 89.2 Å². The van der Waals surface area contributed by atoms with Crippen LogP contribution in [0.1, 0.15) is 169 Å². The molecule has 784 valence electrons. The van der Waals surface area contributed by atoms with E-state index >= 15 is 0 Å². The quantitative estimate of drug-likeness (QED) is 0.0279. The number of aromatic nitrogens is 11. The Bertz CT molecular complexity index is 6850. The lowest BCUT2D eigenvalue weighted by Gasteiger charge is -2.30. The molecule has 5 fully saturated rings. The monoisotopic (exact) mass is 2180 g/mol. The average Bonchev–Trinajstić information content (AvgIpc) is 1.73. The number of nitrogens with one attached hydrogen (secondary N) is 5. The fraction of sp³-hybridized carbons (Fsp3) is 0.454. The summed E-state index contributed by atoms with van der Waals surface area (Å²) < 4.78 is 179. The van der Waals surface area contributed by atoms with Crippen LogP contribution in [0.3, 0.4) is 0 Å². The molecule has 11 heterocycles. The van der Waals surface area contributed by atoms with Gasteiger partial charge in [-0.05, 0) is 200 Å². The molecule has 0 spiro atoms. The van der Waals surface area contributed by atoms with Crippen molar-refractivity contribution in [2.75, 3.05) is 108 Å². The number of sulfonamides is 5. The van der Waals surface area contributed by atoms with Gasteiger partial charge in [-0.15, -0.1) is 0 Å². The number of hydrogen-bond donors (Lipinski definition) is 5. The van der Waals surface area contributed by atoms with Crippen molar-refractivity contribution in [3.8, 4) is 28.6 Å². The van der Waals surface area contributed by atoms with Crippen molar-refractivity contribution in [2.45, 2.75) is 195 Å². The zero-order valence-electron chi connectivity index (χ0n) is 83.0. The van der Waals surface area contributed by atoms with Gasteiger partial charge in [0.05, 0.1) is 75.6 Å². The van der Waals surface area contributed by atoms with E-state index in [0.717, 1.165) is 11.1 Å². The summed E-state index contributed by atoms with van der Waals surface area (Å²) in [5, 5.41) is 18.5. The van der Waals surface area contributed by atoms with Crippen molar-refractivity contribution in [3.05, 3.63) is 205 Å². The number of ether oxygens (including phenoxy) is 3. The second-order valence-corrected chi connectivity index (χ2v) is 47.6. The summed E-state index contributed by atoms with van der Waals surface area (Å²) in [7, 11) is -13.7. The van der Waals surface area contributed by atoms with E-state index in [0.29, 0.717) is 133 Å². The maximum absolute atomic E-state index is 13.9. The average molecular weight is 2180 g/mol. The van der Waals surface area contributed by atoms with E-state index in [-0.39, 0.29) is 173 Å². The predicted octanol–water partition coefficient (Wildman–Crippen LogP) is 14.4. The minimum Gasteiger partial charge on any atom is -0.497 e. The van der Waals surface area contributed by atoms with Crippen LogP contribution < -0.4 is 40.8 Å². The fourth-order valence-electron chi connectivity index (χ4n) is 16.4. The fourth-order valence-corrected chi connectivity index (χ4v) is 23.9. The molecule has 0 unspecified atom stereocenters. The summed E-state index contributed by atoms with van der Waals surface area (Å²) in [5.74, 6) is -0.310. The van der Waals surface area contributed by atoms with Gasteiger partial charge in [-0.1, -0.05) is 75.2 Å². The van der Waals surface area contributed by atoms with Crippen LogP contribution in [0.2, 0.25) is 5.02 Å². The van der Waals surface area contributed by atoms with Crippen LogP contribution in [0.15, 0.2) is 218 Å². The van der Waals surface area contributed by atoms with Gasteiger partial charge in [-0.25, -0.2) is 71.4 Å². The topological polar surface area (TPSA) is 475 Å². The van der Waals surface area contributed by atoms with Gasteiger partial charge in [-0.3, -0.25) is 24.0 Å². The molecular formula is C97H126BrClFN21O19S5. The maximum Gasteiger partial charge on any atom is 0.262 e. The standard InChI is InChI=1S/C21H25N5O4S.C20H28N4O5S.C19H25ClN4O4S.C19H26N4O3S.C18H22BrFN4O3S/c1-15(2)25-13-20(22-14-25)31(28,29)26-10-7-16(8-11-26)21(27)24-18-5-3-4-17(12-18)19-6-9-23-30-19;1-14(2)23-12-19(21-13-23)30(26,27)24-9-7-15(8-10-24)20(25)22-17-6-5-16(28-3)11-18(17)29-4;1-13(2)23-11-18(21-12-23)29(26,27)24-8-6-14(7-9-24)19(25)22-15-4-5-17(28-3)16(20)10-15;1-15(2)22-13-18(21-14-22)27(25,26)23-10-8-17(9-11-23)19(24)20-12-16-6-4-3-5-7-16;1-12(2)23-10-17(21-11-23)28(26,27)24-7-5-13(6-8-24)18(25)22-16-4-3-14(19)9-15(16)20/h3-6,9,12-16H,7-8,10-11H2,1-2H3,(H,24,27);5-6,11-15H,7-10H2,1-4H3,(H,22,25);4-5,10-14H,6-9H2,1-3H3,(H,22,25);3-7,13-15,17H,8-12H2,1-2H3,(H,20,24);3-4,9-13H,5-8H2,1-2H3,(H,22,25). The highest BCUT2D eigenvalue weighted by atomic mass is 79.9. The van der Waals surface area contributed by atoms with E-state index in [2.05, 4.69) is 72.6 Å². The SMILES string of the molecule is CC(C)n1cnc(S(=O)(=O)N2CCC(C(=O)NCc3ccccc3)CC2)c1.CC(C)n1cnc(S(=O)(=O)N2CCC(C(=O)Nc3ccc(Br)cc3F)CC2)c1.CC(C)n1cnc(S(=O)(=O)N2CCC(C(=O)Nc3cccc(-c4ccno4)c3)CC2)c1.COc1ccc(NC(=O)C2CCN(S(=O)(=O)c3cn(C(C)C)cn3)CC2)c(OC)c1.COc1ccc(NC(=O)C2CCN(S(=O)(=O)c3cn(C(C)C)cn3)CC2)cc1Cl. The van der Waals surface area contributed by atoms with Crippen molar-refractivity contribution in [1.29, 1.82) is 0 Å². The number of imidazole rings is 5. The Morgan fingerprint density at radius 3 is 1.06 bits per heavy atom. The molecule has 0 aliphatic carbocycles. The van der Waals surface area contributed by atoms with Crippen LogP contribution in [0.25, 0.3) is 11.3 Å². The number of carbonyl (C=O) groups is 5. The second kappa shape index (κ2) is 50.2. The van der Waals surface area contributed by atoms with Crippen LogP contribution in [0, 0.1) is 35.4 Å². The lowest BCUT2D eigenvalue weighted by molar-refractivity contribution is -0.126. The zero-order valence-corrected chi connectivity index (χ0v) is 89.5. The third kappa shape index (κ3) is 29.0. The Balaban J connectivity index is 0.000000162. The van der Waals surface area contributed by atoms with Crippen LogP contribution in [-0.2, 0) is 80.6 Å². The number of anilines is 4. The molecule has 0 saturated carbocycles. The molecule has 145 heavy (non-hydrogen) atoms. The Kier molecular flexibility index (Phi) is 38.8. The summed E-state index contributed by atoms with van der Waals surface area (Å²) in [5.41, 5.74) is 3.77. The molecule has 0 radical (unpaired) electrons. The van der Waals surface area contributed by atoms with E-state index in [1.807, 2.05) is 124 Å². The third-order valence-electron chi connectivity index (χ3n) is 25.5. The van der Waals surface area contributed by atoms with Gasteiger partial charge >= 0.3 is 0 Å². The molecule has 5 aromatic carbocycles. The lowest BCUT2D eigenvalue weighted by atomic mass is 9.97. The summed E-state index contributed by atoms with van der Waals surface area (Å²) in [6.45, 7) is 22.8. The smallest absolute Gasteiger partial charge is 0.262 e. The highest BCUT2D eigenvalue weighted by Gasteiger charge is 2.40. The number of piperidine rings is 5. The normalized spacial score (nSPS) is 16.2. The molecule has 5 N–H and O–H groups in total. The molecular weight excluding hydrogens is 2060 g/mol. The van der Waals surface area contributed by atoms with Gasteiger partial charge in [0.25, 0.3) is 50.1 Å². The largest absolute Gasteiger partial charge is 0.497 e. The Morgan fingerprint density at radius 1 is 0.393 bits per heavy atom. The second-order valence-electron chi connectivity index (χ2n) is 36.8. The Hall–Kier alpha value is -11.6. The van der Waals surface area contributed by atoms with Crippen molar-refractivity contribution in [3.63, 3.8) is 0 Å². The first-order chi connectivity index (χ1) is 68.9. The van der Waals surface area contributed by atoms with E-state index in [4.69, 9.17) is 30.3 Å². The van der Waals surface area contributed by atoms with Crippen LogP contribution >= 0.6 is 27.5 Å². The van der Waals surface area contributed by atoms with Gasteiger partial charge < -0.3 is 68.2 Å². The summed E-state index contributed by atoms with van der Waals surface area (Å²) in [6, 6.07) is 34.1. The number of nitrogens with zero attached hydrogens (tertiary/aromatic N) is 16. The molecule has 5 saturated heterocycles. The molecule has 5 aliphatic heterocycles. The number of amides is 5. The first-order valence-corrected chi connectivity index (χ1v) is 56.0. The van der Waals surface area contributed by atoms with Gasteiger partial charge in [0.15, 0.2) is 30.9 Å². The number of benzene rings is 5. The van der Waals surface area contributed by atoms with E-state index in [1.54, 1.807) is 116 Å².